The summed E-state index contributed by atoms with van der Waals surface area (Å²) in [5.41, 5.74) is 1.34. The van der Waals surface area contributed by atoms with Crippen LogP contribution in [0.15, 0.2) is 24.3 Å². The van der Waals surface area contributed by atoms with Gasteiger partial charge in [0.1, 0.15) is 6.04 Å². The van der Waals surface area contributed by atoms with Gasteiger partial charge in [0.15, 0.2) is 5.78 Å². The van der Waals surface area contributed by atoms with Gasteiger partial charge in [-0.25, -0.2) is 0 Å². The van der Waals surface area contributed by atoms with Gasteiger partial charge in [-0.05, 0) is 31.2 Å². The van der Waals surface area contributed by atoms with Crippen LogP contribution in [-0.4, -0.2) is 35.6 Å². The molecule has 5 heteroatoms. The zero-order valence-corrected chi connectivity index (χ0v) is 10.3. The summed E-state index contributed by atoms with van der Waals surface area (Å²) >= 11 is 0. The molecule has 1 heterocycles. The van der Waals surface area contributed by atoms with Gasteiger partial charge in [-0.2, -0.15) is 0 Å². The number of anilines is 1. The molecule has 0 aliphatic carbocycles. The number of carbonyl (C=O) groups is 3. The quantitative estimate of drug-likeness (QED) is 0.639. The molecule has 0 spiro atoms. The van der Waals surface area contributed by atoms with Gasteiger partial charge < -0.3 is 5.32 Å². The van der Waals surface area contributed by atoms with E-state index in [1.165, 1.54) is 14.0 Å². The number of nitrogens with zero attached hydrogens (tertiary/aromatic N) is 1. The largest absolute Gasteiger partial charge is 0.373 e. The minimum atomic E-state index is -0.509. The molecule has 1 saturated heterocycles. The smallest absolute Gasteiger partial charge is 0.251 e. The number of Topliss-reactive ketones (excluding diaryl/α,β-unsaturated/α-hetero) is 1. The molecule has 1 aliphatic rings. The Hall–Kier alpha value is -2.17. The molecular formula is C13H14N2O3. The third-order valence-electron chi connectivity index (χ3n) is 3.01. The Morgan fingerprint density at radius 3 is 2.33 bits per heavy atom. The summed E-state index contributed by atoms with van der Waals surface area (Å²) in [7, 11) is 1.48. The minimum Gasteiger partial charge on any atom is -0.373 e. The summed E-state index contributed by atoms with van der Waals surface area (Å²) in [5.74, 6) is -0.415. The molecule has 1 aromatic carbocycles. The van der Waals surface area contributed by atoms with Crippen molar-refractivity contribution in [1.29, 1.82) is 0 Å². The molecule has 0 radical (unpaired) electrons. The van der Waals surface area contributed by atoms with Crippen LogP contribution in [0.5, 0.6) is 0 Å². The molecule has 1 fully saturated rings. The average Bonchev–Trinajstić information content (AvgIpc) is 2.58. The van der Waals surface area contributed by atoms with E-state index in [2.05, 4.69) is 5.32 Å². The highest BCUT2D eigenvalue weighted by atomic mass is 16.2. The van der Waals surface area contributed by atoms with Gasteiger partial charge in [-0.15, -0.1) is 0 Å². The van der Waals surface area contributed by atoms with Crippen molar-refractivity contribution < 1.29 is 14.4 Å². The zero-order valence-electron chi connectivity index (χ0n) is 10.3. The van der Waals surface area contributed by atoms with Crippen molar-refractivity contribution >= 4 is 23.3 Å². The Labute approximate surface area is 105 Å². The van der Waals surface area contributed by atoms with E-state index in [9.17, 15) is 14.4 Å². The van der Waals surface area contributed by atoms with Crippen LogP contribution in [0.2, 0.25) is 0 Å². The summed E-state index contributed by atoms with van der Waals surface area (Å²) in [6.45, 7) is 1.50. The third kappa shape index (κ3) is 2.25. The number of nitrogens with one attached hydrogen (secondary N) is 1. The van der Waals surface area contributed by atoms with Crippen LogP contribution >= 0.6 is 0 Å². The predicted molar refractivity (Wildman–Crippen MR) is 66.3 cm³/mol. The van der Waals surface area contributed by atoms with E-state index in [0.717, 1.165) is 10.6 Å². The van der Waals surface area contributed by atoms with E-state index in [1.54, 1.807) is 24.3 Å². The standard InChI is InChI=1S/C13H14N2O3/c1-8(16)9-3-5-10(6-4-9)14-11-7-12(17)15(2)13(11)18/h3-6,11,14H,7H2,1-2H3. The summed E-state index contributed by atoms with van der Waals surface area (Å²) < 4.78 is 0. The molecule has 1 unspecified atom stereocenters. The van der Waals surface area contributed by atoms with Crippen molar-refractivity contribution in [2.75, 3.05) is 12.4 Å². The van der Waals surface area contributed by atoms with Gasteiger partial charge in [-0.3, -0.25) is 19.3 Å². The lowest BCUT2D eigenvalue weighted by Crippen LogP contribution is -2.31. The van der Waals surface area contributed by atoms with Crippen LogP contribution in [0, 0.1) is 0 Å². The first-order valence-electron chi connectivity index (χ1n) is 5.67. The fraction of sp³-hybridized carbons (Fsp3) is 0.308. The molecule has 1 aromatic rings. The fourth-order valence-corrected chi connectivity index (χ4v) is 1.87. The van der Waals surface area contributed by atoms with Crippen molar-refractivity contribution in [3.8, 4) is 0 Å². The molecule has 2 rings (SSSR count). The molecule has 1 atom stereocenters. The molecule has 1 N–H and O–H groups in total. The molecule has 0 bridgehead atoms. The lowest BCUT2D eigenvalue weighted by atomic mass is 10.1. The van der Waals surface area contributed by atoms with Crippen LogP contribution < -0.4 is 5.32 Å². The number of imide groups is 1. The third-order valence-corrected chi connectivity index (χ3v) is 3.01. The Morgan fingerprint density at radius 1 is 1.28 bits per heavy atom. The average molecular weight is 246 g/mol. The Kier molecular flexibility index (Phi) is 3.14. The maximum absolute atomic E-state index is 11.7. The Bertz CT molecular complexity index is 507. The highest BCUT2D eigenvalue weighted by Gasteiger charge is 2.35. The van der Waals surface area contributed by atoms with E-state index in [1.807, 2.05) is 0 Å². The maximum Gasteiger partial charge on any atom is 0.251 e. The number of rotatable bonds is 3. The summed E-state index contributed by atoms with van der Waals surface area (Å²) in [6, 6.07) is 6.33. The molecular weight excluding hydrogens is 232 g/mol. The lowest BCUT2D eigenvalue weighted by Gasteiger charge is -2.12. The van der Waals surface area contributed by atoms with Gasteiger partial charge in [0, 0.05) is 18.3 Å². The van der Waals surface area contributed by atoms with Crippen LogP contribution in [0.1, 0.15) is 23.7 Å². The molecule has 0 aromatic heterocycles. The van der Waals surface area contributed by atoms with E-state index in [0.29, 0.717) is 5.56 Å². The predicted octanol–water partition coefficient (Wildman–Crippen LogP) is 1.06. The second-order valence-electron chi connectivity index (χ2n) is 4.33. The summed E-state index contributed by atoms with van der Waals surface area (Å²) in [6.07, 6.45) is 0.170. The van der Waals surface area contributed by atoms with Gasteiger partial charge >= 0.3 is 0 Å². The molecule has 18 heavy (non-hydrogen) atoms. The first-order chi connectivity index (χ1) is 8.49. The van der Waals surface area contributed by atoms with Crippen molar-refractivity contribution in [3.05, 3.63) is 29.8 Å². The Morgan fingerprint density at radius 2 is 1.89 bits per heavy atom. The normalized spacial score (nSPS) is 19.2. The molecule has 5 nitrogen and oxygen atoms in total. The highest BCUT2D eigenvalue weighted by molar-refractivity contribution is 6.06. The molecule has 94 valence electrons. The van der Waals surface area contributed by atoms with Gasteiger partial charge in [0.25, 0.3) is 5.91 Å². The van der Waals surface area contributed by atoms with Crippen molar-refractivity contribution in [1.82, 2.24) is 4.90 Å². The van der Waals surface area contributed by atoms with Crippen molar-refractivity contribution in [2.24, 2.45) is 0 Å². The number of likely N-dealkylation sites (N-methyl/N-ethyl adjacent to an activating group) is 1. The van der Waals surface area contributed by atoms with Crippen LogP contribution in [0.4, 0.5) is 5.69 Å². The number of amides is 2. The first kappa shape index (κ1) is 12.3. The van der Waals surface area contributed by atoms with E-state index in [4.69, 9.17) is 0 Å². The monoisotopic (exact) mass is 246 g/mol. The number of likely N-dealkylation sites (tertiary alicyclic amines) is 1. The molecule has 2 amide bonds. The van der Waals surface area contributed by atoms with Gasteiger partial charge in [0.05, 0.1) is 6.42 Å². The maximum atomic E-state index is 11.7. The van der Waals surface area contributed by atoms with Crippen LogP contribution in [-0.2, 0) is 9.59 Å². The topological polar surface area (TPSA) is 66.5 Å². The molecule has 0 saturated carbocycles. The second kappa shape index (κ2) is 4.60. The van der Waals surface area contributed by atoms with Crippen molar-refractivity contribution in [2.45, 2.75) is 19.4 Å². The number of hydrogen-bond donors (Lipinski definition) is 1. The van der Waals surface area contributed by atoms with E-state index < -0.39 is 6.04 Å². The summed E-state index contributed by atoms with van der Waals surface area (Å²) in [4.78, 5) is 35.3. The SMILES string of the molecule is CC(=O)c1ccc(NC2CC(=O)N(C)C2=O)cc1. The van der Waals surface area contributed by atoms with Gasteiger partial charge in [0.2, 0.25) is 5.91 Å². The van der Waals surface area contributed by atoms with Crippen LogP contribution in [0.3, 0.4) is 0 Å². The number of carbonyl (C=O) groups excluding carboxylic acids is 3. The first-order valence-corrected chi connectivity index (χ1v) is 5.67. The number of benzene rings is 1. The van der Waals surface area contributed by atoms with Crippen molar-refractivity contribution in [3.63, 3.8) is 0 Å². The van der Waals surface area contributed by atoms with Gasteiger partial charge in [-0.1, -0.05) is 0 Å². The van der Waals surface area contributed by atoms with Crippen LogP contribution in [0.25, 0.3) is 0 Å². The van der Waals surface area contributed by atoms with E-state index in [-0.39, 0.29) is 24.0 Å². The fourth-order valence-electron chi connectivity index (χ4n) is 1.87. The second-order valence-corrected chi connectivity index (χ2v) is 4.33. The summed E-state index contributed by atoms with van der Waals surface area (Å²) in [5, 5.41) is 2.99. The molecule has 1 aliphatic heterocycles. The number of hydrogen-bond acceptors (Lipinski definition) is 4. The Balaban J connectivity index is 2.08. The van der Waals surface area contributed by atoms with E-state index >= 15 is 0 Å². The lowest BCUT2D eigenvalue weighted by molar-refractivity contribution is -0.136. The minimum absolute atomic E-state index is 0.00611. The highest BCUT2D eigenvalue weighted by Crippen LogP contribution is 2.17. The zero-order chi connectivity index (χ0) is 13.3. The number of ketones is 1.